The van der Waals surface area contributed by atoms with E-state index < -0.39 is 6.10 Å². The molecule has 2 rings (SSSR count). The second-order valence-corrected chi connectivity index (χ2v) is 6.15. The van der Waals surface area contributed by atoms with Crippen molar-refractivity contribution in [2.24, 2.45) is 5.73 Å². The van der Waals surface area contributed by atoms with Gasteiger partial charge in [-0.05, 0) is 36.2 Å². The predicted molar refractivity (Wildman–Crippen MR) is 87.1 cm³/mol. The topological polar surface area (TPSA) is 46.2 Å². The highest BCUT2D eigenvalue weighted by Gasteiger charge is 2.23. The van der Waals surface area contributed by atoms with Gasteiger partial charge in [-0.25, -0.2) is 0 Å². The summed E-state index contributed by atoms with van der Waals surface area (Å²) in [6.45, 7) is 2.37. The quantitative estimate of drug-likeness (QED) is 0.865. The van der Waals surface area contributed by atoms with Gasteiger partial charge >= 0.3 is 0 Å². The van der Waals surface area contributed by atoms with Gasteiger partial charge < -0.3 is 10.8 Å². The van der Waals surface area contributed by atoms with Crippen LogP contribution in [-0.2, 0) is 0 Å². The first-order chi connectivity index (χ1) is 9.52. The molecule has 0 aliphatic carbocycles. The highest BCUT2D eigenvalue weighted by atomic mass is 79.9. The first kappa shape index (κ1) is 15.5. The number of nitrogens with two attached hydrogens (primary N) is 1. The SMILES string of the molecule is Cc1ccc(Br)c(C(O)C(CN)c2ccc(Cl)cc2)c1. The third kappa shape index (κ3) is 3.41. The molecule has 106 valence electrons. The number of hydrogen-bond donors (Lipinski definition) is 2. The number of benzene rings is 2. The summed E-state index contributed by atoms with van der Waals surface area (Å²) in [6, 6.07) is 13.4. The molecule has 3 N–H and O–H groups in total. The largest absolute Gasteiger partial charge is 0.388 e. The number of aryl methyl sites for hydroxylation is 1. The van der Waals surface area contributed by atoms with Crippen molar-refractivity contribution in [1.82, 2.24) is 0 Å². The molecule has 0 amide bonds. The van der Waals surface area contributed by atoms with Gasteiger partial charge in [0.1, 0.15) is 0 Å². The van der Waals surface area contributed by atoms with Crippen LogP contribution < -0.4 is 5.73 Å². The van der Waals surface area contributed by atoms with E-state index in [1.54, 1.807) is 0 Å². The highest BCUT2D eigenvalue weighted by molar-refractivity contribution is 9.10. The van der Waals surface area contributed by atoms with Crippen LogP contribution in [0.25, 0.3) is 0 Å². The maximum Gasteiger partial charge on any atom is 0.0881 e. The van der Waals surface area contributed by atoms with Crippen molar-refractivity contribution in [3.8, 4) is 0 Å². The minimum atomic E-state index is -0.657. The number of halogens is 2. The van der Waals surface area contributed by atoms with Crippen molar-refractivity contribution >= 4 is 27.5 Å². The van der Waals surface area contributed by atoms with E-state index in [4.69, 9.17) is 17.3 Å². The summed E-state index contributed by atoms with van der Waals surface area (Å²) in [5.41, 5.74) is 8.81. The third-order valence-electron chi connectivity index (χ3n) is 3.40. The Kier molecular flexibility index (Phi) is 5.22. The molecule has 0 aliphatic rings. The summed E-state index contributed by atoms with van der Waals surface area (Å²) >= 11 is 9.39. The minimum absolute atomic E-state index is 0.162. The van der Waals surface area contributed by atoms with Gasteiger partial charge in [0.25, 0.3) is 0 Å². The Morgan fingerprint density at radius 2 is 1.85 bits per heavy atom. The number of aliphatic hydroxyl groups is 1. The molecule has 0 radical (unpaired) electrons. The maximum atomic E-state index is 10.7. The summed E-state index contributed by atoms with van der Waals surface area (Å²) in [4.78, 5) is 0. The van der Waals surface area contributed by atoms with Gasteiger partial charge in [-0.1, -0.05) is 57.4 Å². The van der Waals surface area contributed by atoms with Crippen LogP contribution >= 0.6 is 27.5 Å². The Balaban J connectivity index is 2.35. The fraction of sp³-hybridized carbons (Fsp3) is 0.250. The molecule has 0 aromatic heterocycles. The summed E-state index contributed by atoms with van der Waals surface area (Å²) in [6.07, 6.45) is -0.657. The molecule has 20 heavy (non-hydrogen) atoms. The Bertz CT molecular complexity index is 586. The second-order valence-electron chi connectivity index (χ2n) is 4.86. The van der Waals surface area contributed by atoms with E-state index in [1.807, 2.05) is 49.4 Å². The molecule has 0 spiro atoms. The number of rotatable bonds is 4. The van der Waals surface area contributed by atoms with Crippen LogP contribution in [-0.4, -0.2) is 11.7 Å². The van der Waals surface area contributed by atoms with E-state index in [-0.39, 0.29) is 5.92 Å². The molecule has 0 saturated heterocycles. The van der Waals surface area contributed by atoms with Gasteiger partial charge in [-0.3, -0.25) is 0 Å². The van der Waals surface area contributed by atoms with Gasteiger partial charge in [0.2, 0.25) is 0 Å². The highest BCUT2D eigenvalue weighted by Crippen LogP contribution is 2.35. The molecule has 0 saturated carbocycles. The minimum Gasteiger partial charge on any atom is -0.388 e. The van der Waals surface area contributed by atoms with E-state index in [0.29, 0.717) is 11.6 Å². The van der Waals surface area contributed by atoms with Crippen LogP contribution in [0.4, 0.5) is 0 Å². The van der Waals surface area contributed by atoms with Crippen LogP contribution in [0.2, 0.25) is 5.02 Å². The molecule has 2 atom stereocenters. The first-order valence-electron chi connectivity index (χ1n) is 6.42. The van der Waals surface area contributed by atoms with Gasteiger partial charge in [0.15, 0.2) is 0 Å². The molecule has 0 aliphatic heterocycles. The molecule has 2 aromatic rings. The van der Waals surface area contributed by atoms with Crippen molar-refractivity contribution in [3.63, 3.8) is 0 Å². The summed E-state index contributed by atoms with van der Waals surface area (Å²) in [5, 5.41) is 11.3. The van der Waals surface area contributed by atoms with Gasteiger partial charge in [-0.2, -0.15) is 0 Å². The average Bonchev–Trinajstić information content (AvgIpc) is 2.44. The maximum absolute atomic E-state index is 10.7. The van der Waals surface area contributed by atoms with Crippen LogP contribution in [0.3, 0.4) is 0 Å². The molecular weight excluding hydrogens is 338 g/mol. The van der Waals surface area contributed by atoms with Gasteiger partial charge in [0, 0.05) is 22.0 Å². The normalized spacial score (nSPS) is 14.1. The fourth-order valence-electron chi connectivity index (χ4n) is 2.26. The zero-order chi connectivity index (χ0) is 14.7. The Morgan fingerprint density at radius 1 is 1.20 bits per heavy atom. The summed E-state index contributed by atoms with van der Waals surface area (Å²) in [7, 11) is 0. The van der Waals surface area contributed by atoms with Crippen LogP contribution in [0.5, 0.6) is 0 Å². The lowest BCUT2D eigenvalue weighted by atomic mass is 9.89. The molecule has 2 aromatic carbocycles. The Labute approximate surface area is 132 Å². The third-order valence-corrected chi connectivity index (χ3v) is 4.38. The second kappa shape index (κ2) is 6.72. The van der Waals surface area contributed by atoms with E-state index in [0.717, 1.165) is 21.2 Å². The standard InChI is InChI=1S/C16H17BrClNO/c1-10-2-7-15(17)13(8-10)16(20)14(9-19)11-3-5-12(18)6-4-11/h2-8,14,16,20H,9,19H2,1H3. The molecule has 0 bridgehead atoms. The van der Waals surface area contributed by atoms with Crippen molar-refractivity contribution in [2.45, 2.75) is 18.9 Å². The van der Waals surface area contributed by atoms with Gasteiger partial charge in [-0.15, -0.1) is 0 Å². The molecule has 4 heteroatoms. The fourth-order valence-corrected chi connectivity index (χ4v) is 2.87. The molecule has 0 heterocycles. The van der Waals surface area contributed by atoms with Gasteiger partial charge in [0.05, 0.1) is 6.10 Å². The van der Waals surface area contributed by atoms with Crippen molar-refractivity contribution in [1.29, 1.82) is 0 Å². The lowest BCUT2D eigenvalue weighted by Crippen LogP contribution is -2.20. The molecule has 0 fully saturated rings. The van der Waals surface area contributed by atoms with Crippen molar-refractivity contribution < 1.29 is 5.11 Å². The zero-order valence-electron chi connectivity index (χ0n) is 11.2. The number of hydrogen-bond acceptors (Lipinski definition) is 2. The lowest BCUT2D eigenvalue weighted by Gasteiger charge is -2.23. The monoisotopic (exact) mass is 353 g/mol. The van der Waals surface area contributed by atoms with E-state index in [9.17, 15) is 5.11 Å². The predicted octanol–water partition coefficient (Wildman–Crippen LogP) is 4.19. The van der Waals surface area contributed by atoms with Crippen molar-refractivity contribution in [2.75, 3.05) is 6.54 Å². The average molecular weight is 355 g/mol. The van der Waals surface area contributed by atoms with E-state index >= 15 is 0 Å². The Hall–Kier alpha value is -0.870. The van der Waals surface area contributed by atoms with Crippen LogP contribution in [0.1, 0.15) is 28.7 Å². The lowest BCUT2D eigenvalue weighted by molar-refractivity contribution is 0.146. The van der Waals surface area contributed by atoms with E-state index in [1.165, 1.54) is 0 Å². The summed E-state index contributed by atoms with van der Waals surface area (Å²) < 4.78 is 0.892. The van der Waals surface area contributed by atoms with Crippen molar-refractivity contribution in [3.05, 3.63) is 68.7 Å². The molecular formula is C16H17BrClNO. The molecule has 2 unspecified atom stereocenters. The first-order valence-corrected chi connectivity index (χ1v) is 7.59. The summed E-state index contributed by atoms with van der Waals surface area (Å²) in [5.74, 6) is -0.162. The van der Waals surface area contributed by atoms with Crippen LogP contribution in [0.15, 0.2) is 46.9 Å². The smallest absolute Gasteiger partial charge is 0.0881 e. The zero-order valence-corrected chi connectivity index (χ0v) is 13.5. The number of aliphatic hydroxyl groups excluding tert-OH is 1. The van der Waals surface area contributed by atoms with Crippen LogP contribution in [0, 0.1) is 6.92 Å². The molecule has 2 nitrogen and oxygen atoms in total. The van der Waals surface area contributed by atoms with E-state index in [2.05, 4.69) is 15.9 Å². The Morgan fingerprint density at radius 3 is 2.45 bits per heavy atom.